The maximum absolute atomic E-state index is 12.8. The van der Waals surface area contributed by atoms with Crippen molar-refractivity contribution < 1.29 is 23.9 Å². The largest absolute Gasteiger partial charge is 0.422 e. The molecule has 0 radical (unpaired) electrons. The van der Waals surface area contributed by atoms with Crippen LogP contribution in [0.25, 0.3) is 0 Å². The molecule has 0 unspecified atom stereocenters. The maximum atomic E-state index is 12.8. The molecule has 0 aromatic heterocycles. The molecule has 0 aliphatic heterocycles. The molecule has 0 spiro atoms. The van der Waals surface area contributed by atoms with Gasteiger partial charge in [0.25, 0.3) is 5.91 Å². The number of esters is 1. The number of nitrogens with one attached hydrogen (secondary N) is 3. The van der Waals surface area contributed by atoms with Gasteiger partial charge in [-0.2, -0.15) is 5.10 Å². The second-order valence-corrected chi connectivity index (χ2v) is 10.4. The van der Waals surface area contributed by atoms with E-state index in [0.717, 1.165) is 32.1 Å². The third-order valence-electron chi connectivity index (χ3n) is 6.20. The molecule has 0 bridgehead atoms. The molecule has 1 aliphatic carbocycles. The van der Waals surface area contributed by atoms with Crippen LogP contribution in [-0.2, 0) is 9.59 Å². The van der Waals surface area contributed by atoms with Gasteiger partial charge in [0, 0.05) is 16.1 Å². The van der Waals surface area contributed by atoms with Crippen LogP contribution in [0.5, 0.6) is 5.75 Å². The van der Waals surface area contributed by atoms with E-state index in [9.17, 15) is 19.2 Å². The van der Waals surface area contributed by atoms with Crippen LogP contribution in [0.2, 0.25) is 5.02 Å². The minimum absolute atomic E-state index is 0.0921. The number of carbonyl (C=O) groups is 4. The summed E-state index contributed by atoms with van der Waals surface area (Å²) in [5.41, 5.74) is 3.15. The van der Waals surface area contributed by atoms with Crippen molar-refractivity contribution in [1.82, 2.24) is 10.7 Å². The Bertz CT molecular complexity index is 1460. The van der Waals surface area contributed by atoms with Gasteiger partial charge in [-0.05, 0) is 55.3 Å². The van der Waals surface area contributed by atoms with Crippen molar-refractivity contribution in [1.29, 1.82) is 0 Å². The lowest BCUT2D eigenvalue weighted by Crippen LogP contribution is -2.37. The smallest absolute Gasteiger partial charge is 0.345 e. The summed E-state index contributed by atoms with van der Waals surface area (Å²) in [6.07, 6.45) is 6.35. The number of halogens is 2. The Hall–Kier alpha value is -4.02. The van der Waals surface area contributed by atoms with E-state index >= 15 is 0 Å². The first kappa shape index (κ1) is 29.0. The van der Waals surface area contributed by atoms with Crippen molar-refractivity contribution in [2.24, 2.45) is 5.10 Å². The molecule has 1 fully saturated rings. The predicted octanol–water partition coefficient (Wildman–Crippen LogP) is 5.47. The molecule has 1 saturated carbocycles. The van der Waals surface area contributed by atoms with Gasteiger partial charge in [0.15, 0.2) is 0 Å². The van der Waals surface area contributed by atoms with Crippen molar-refractivity contribution >= 4 is 63.1 Å². The molecule has 4 rings (SSSR count). The van der Waals surface area contributed by atoms with Crippen LogP contribution in [0.1, 0.15) is 58.4 Å². The van der Waals surface area contributed by atoms with Crippen molar-refractivity contribution in [3.05, 3.63) is 92.9 Å². The first-order valence-electron chi connectivity index (χ1n) is 12.6. The Labute approximate surface area is 244 Å². The zero-order valence-electron chi connectivity index (χ0n) is 21.3. The van der Waals surface area contributed by atoms with Crippen molar-refractivity contribution in [2.75, 3.05) is 5.32 Å². The minimum atomic E-state index is -1.05. The lowest BCUT2D eigenvalue weighted by Gasteiger charge is -2.23. The summed E-state index contributed by atoms with van der Waals surface area (Å²) >= 11 is 9.43. The molecule has 3 aromatic rings. The number of amides is 3. The third-order valence-corrected chi connectivity index (χ3v) is 7.03. The molecule has 1 aliphatic rings. The summed E-state index contributed by atoms with van der Waals surface area (Å²) < 4.78 is 6.14. The van der Waals surface area contributed by atoms with E-state index in [-0.39, 0.29) is 39.5 Å². The van der Waals surface area contributed by atoms with Crippen LogP contribution in [0.15, 0.2) is 76.3 Å². The quantitative estimate of drug-likeness (QED) is 0.106. The third kappa shape index (κ3) is 7.77. The molecule has 3 N–H and O–H groups in total. The van der Waals surface area contributed by atoms with Gasteiger partial charge in [0.2, 0.25) is 0 Å². The minimum Gasteiger partial charge on any atom is -0.422 e. The van der Waals surface area contributed by atoms with Crippen LogP contribution in [0.4, 0.5) is 5.69 Å². The zero-order chi connectivity index (χ0) is 28.5. The van der Waals surface area contributed by atoms with Gasteiger partial charge in [-0.1, -0.05) is 71.1 Å². The molecular formula is C29H26BrClN4O5. The Balaban J connectivity index is 1.39. The summed E-state index contributed by atoms with van der Waals surface area (Å²) in [4.78, 5) is 50.4. The molecule has 9 nitrogen and oxygen atoms in total. The second kappa shape index (κ2) is 13.9. The highest BCUT2D eigenvalue weighted by molar-refractivity contribution is 9.10. The standard InChI is InChI=1S/C29H26BrClN4O5/c30-19-14-15-25(40-29(39)21-10-4-6-12-23(21)31)18(16-19)17-32-35-28(38)27(37)34-24-13-7-5-11-22(24)26(36)33-20-8-2-1-3-9-20/h4-7,10-17,20H,1-3,8-9H2,(H,33,36)(H,34,37)(H,35,38). The number of carbonyl (C=O) groups excluding carboxylic acids is 4. The van der Waals surface area contributed by atoms with Gasteiger partial charge < -0.3 is 15.4 Å². The average Bonchev–Trinajstić information content (AvgIpc) is 2.95. The van der Waals surface area contributed by atoms with Crippen LogP contribution in [-0.4, -0.2) is 35.9 Å². The number of nitrogens with zero attached hydrogens (tertiary/aromatic N) is 1. The summed E-state index contributed by atoms with van der Waals surface area (Å²) in [5.74, 6) is -2.88. The molecule has 206 valence electrons. The van der Waals surface area contributed by atoms with E-state index in [0.29, 0.717) is 10.0 Å². The highest BCUT2D eigenvalue weighted by Crippen LogP contribution is 2.25. The topological polar surface area (TPSA) is 126 Å². The summed E-state index contributed by atoms with van der Waals surface area (Å²) in [7, 11) is 0. The van der Waals surface area contributed by atoms with Gasteiger partial charge in [-0.15, -0.1) is 0 Å². The van der Waals surface area contributed by atoms with Gasteiger partial charge in [0.1, 0.15) is 5.75 Å². The Morgan fingerprint density at radius 3 is 2.35 bits per heavy atom. The Morgan fingerprint density at radius 2 is 1.60 bits per heavy atom. The number of hydrazone groups is 1. The first-order valence-corrected chi connectivity index (χ1v) is 13.8. The number of para-hydroxylation sites is 1. The van der Waals surface area contributed by atoms with Gasteiger partial charge >= 0.3 is 17.8 Å². The van der Waals surface area contributed by atoms with Gasteiger partial charge in [-0.25, -0.2) is 10.2 Å². The molecule has 0 atom stereocenters. The average molecular weight is 626 g/mol. The summed E-state index contributed by atoms with van der Waals surface area (Å²) in [6.45, 7) is 0. The van der Waals surface area contributed by atoms with Crippen molar-refractivity contribution in [2.45, 2.75) is 38.1 Å². The van der Waals surface area contributed by atoms with E-state index in [1.54, 1.807) is 60.7 Å². The van der Waals surface area contributed by atoms with Crippen LogP contribution in [0, 0.1) is 0 Å². The van der Waals surface area contributed by atoms with Crippen LogP contribution in [0.3, 0.4) is 0 Å². The van der Waals surface area contributed by atoms with E-state index in [1.165, 1.54) is 12.3 Å². The number of hydrogen-bond acceptors (Lipinski definition) is 6. The van der Waals surface area contributed by atoms with Gasteiger partial charge in [0.05, 0.1) is 28.1 Å². The fourth-order valence-corrected chi connectivity index (χ4v) is 4.78. The van der Waals surface area contributed by atoms with E-state index in [1.807, 2.05) is 0 Å². The maximum Gasteiger partial charge on any atom is 0.345 e. The number of rotatable bonds is 7. The number of anilines is 1. The van der Waals surface area contributed by atoms with Gasteiger partial charge in [-0.3, -0.25) is 14.4 Å². The monoisotopic (exact) mass is 624 g/mol. The van der Waals surface area contributed by atoms with E-state index < -0.39 is 17.8 Å². The van der Waals surface area contributed by atoms with Crippen molar-refractivity contribution in [3.8, 4) is 5.75 Å². The van der Waals surface area contributed by atoms with E-state index in [2.05, 4.69) is 37.1 Å². The molecule has 11 heteroatoms. The Morgan fingerprint density at radius 1 is 0.900 bits per heavy atom. The lowest BCUT2D eigenvalue weighted by atomic mass is 9.95. The molecule has 3 amide bonds. The highest BCUT2D eigenvalue weighted by Gasteiger charge is 2.21. The summed E-state index contributed by atoms with van der Waals surface area (Å²) in [5, 5.41) is 9.56. The predicted molar refractivity (Wildman–Crippen MR) is 156 cm³/mol. The van der Waals surface area contributed by atoms with E-state index in [4.69, 9.17) is 16.3 Å². The van der Waals surface area contributed by atoms with Crippen LogP contribution >= 0.6 is 27.5 Å². The molecule has 3 aromatic carbocycles. The number of ether oxygens (including phenoxy) is 1. The Kier molecular flexibility index (Phi) is 10.0. The van der Waals surface area contributed by atoms with Crippen LogP contribution < -0.4 is 20.8 Å². The normalized spacial score (nSPS) is 13.4. The fourth-order valence-electron chi connectivity index (χ4n) is 4.19. The number of benzene rings is 3. The first-order chi connectivity index (χ1) is 19.3. The highest BCUT2D eigenvalue weighted by atomic mass is 79.9. The second-order valence-electron chi connectivity index (χ2n) is 9.06. The SMILES string of the molecule is O=C(NN=Cc1cc(Br)ccc1OC(=O)c1ccccc1Cl)C(=O)Nc1ccccc1C(=O)NC1CCCCC1. The molecular weight excluding hydrogens is 600 g/mol. The number of hydrogen-bond donors (Lipinski definition) is 3. The molecule has 40 heavy (non-hydrogen) atoms. The lowest BCUT2D eigenvalue weighted by molar-refractivity contribution is -0.136. The van der Waals surface area contributed by atoms with Crippen molar-refractivity contribution in [3.63, 3.8) is 0 Å². The molecule has 0 heterocycles. The fraction of sp³-hybridized carbons (Fsp3) is 0.207. The molecule has 0 saturated heterocycles. The summed E-state index contributed by atoms with van der Waals surface area (Å²) in [6, 6.07) is 17.9. The zero-order valence-corrected chi connectivity index (χ0v) is 23.6.